The Morgan fingerprint density at radius 1 is 0.889 bits per heavy atom. The Bertz CT molecular complexity index is 302. The molecule has 0 heterocycles. The van der Waals surface area contributed by atoms with Crippen LogP contribution in [0.25, 0.3) is 0 Å². The van der Waals surface area contributed by atoms with Crippen LogP contribution in [0.4, 0.5) is 0 Å². The van der Waals surface area contributed by atoms with Gasteiger partial charge in [-0.05, 0) is 23.7 Å². The van der Waals surface area contributed by atoms with E-state index >= 15 is 0 Å². The predicted molar refractivity (Wildman–Crippen MR) is 82.9 cm³/mol. The van der Waals surface area contributed by atoms with Crippen LogP contribution in [0.2, 0.25) is 12.1 Å². The summed E-state index contributed by atoms with van der Waals surface area (Å²) in [5.41, 5.74) is 0. The van der Waals surface area contributed by atoms with Crippen LogP contribution in [0.15, 0.2) is 30.3 Å². The summed E-state index contributed by atoms with van der Waals surface area (Å²) >= 11 is 0. The van der Waals surface area contributed by atoms with Crippen molar-refractivity contribution in [3.63, 3.8) is 0 Å². The van der Waals surface area contributed by atoms with Gasteiger partial charge < -0.3 is 4.43 Å². The quantitative estimate of drug-likeness (QED) is 0.598. The summed E-state index contributed by atoms with van der Waals surface area (Å²) in [6, 6.07) is 13.5. The minimum atomic E-state index is -1.71. The maximum Gasteiger partial charge on any atom is 0.224 e. The molecule has 1 unspecified atom stereocenters. The van der Waals surface area contributed by atoms with Crippen molar-refractivity contribution in [1.29, 1.82) is 0 Å². The molecule has 0 aliphatic carbocycles. The Balaban J connectivity index is 2.94. The van der Waals surface area contributed by atoms with Gasteiger partial charge in [0.1, 0.15) is 0 Å². The topological polar surface area (TPSA) is 9.23 Å². The number of rotatable bonds is 9. The van der Waals surface area contributed by atoms with Gasteiger partial charge in [0.2, 0.25) is 8.32 Å². The molecule has 1 aromatic rings. The third kappa shape index (κ3) is 4.25. The Hall–Kier alpha value is -0.603. The minimum absolute atomic E-state index is 0.921. The number of hydrogen-bond acceptors (Lipinski definition) is 1. The average molecular weight is 264 g/mol. The van der Waals surface area contributed by atoms with Gasteiger partial charge in [-0.1, -0.05) is 70.4 Å². The smallest absolute Gasteiger partial charge is 0.224 e. The molecule has 1 rings (SSSR count). The van der Waals surface area contributed by atoms with Gasteiger partial charge in [-0.3, -0.25) is 0 Å². The van der Waals surface area contributed by atoms with Gasteiger partial charge in [0.15, 0.2) is 0 Å². The zero-order valence-corrected chi connectivity index (χ0v) is 13.2. The van der Waals surface area contributed by atoms with Crippen molar-refractivity contribution in [2.24, 2.45) is 0 Å². The molecule has 18 heavy (non-hydrogen) atoms. The summed E-state index contributed by atoms with van der Waals surface area (Å²) in [4.78, 5) is 0. The third-order valence-electron chi connectivity index (χ3n) is 3.47. The van der Waals surface area contributed by atoms with Crippen LogP contribution in [0.1, 0.15) is 46.5 Å². The van der Waals surface area contributed by atoms with E-state index in [1.165, 1.54) is 36.5 Å². The van der Waals surface area contributed by atoms with Crippen molar-refractivity contribution in [1.82, 2.24) is 0 Å². The standard InChI is InChI=1S/C16H28OSi/c1-4-7-15-18(14-6-3,17-13-5-2)16-11-9-8-10-12-16/h8-12H,4-7,13-15H2,1-3H3. The molecule has 0 saturated heterocycles. The van der Waals surface area contributed by atoms with Gasteiger partial charge in [-0.2, -0.15) is 0 Å². The molecular formula is C16H28OSi. The summed E-state index contributed by atoms with van der Waals surface area (Å²) in [5, 5.41) is 1.49. The predicted octanol–water partition coefficient (Wildman–Crippen LogP) is 4.48. The van der Waals surface area contributed by atoms with E-state index in [0.29, 0.717) is 0 Å². The lowest BCUT2D eigenvalue weighted by atomic mass is 10.4. The lowest BCUT2D eigenvalue weighted by Gasteiger charge is -2.32. The molecule has 0 bridgehead atoms. The molecule has 0 saturated carbocycles. The molecule has 0 aliphatic rings. The molecule has 102 valence electrons. The van der Waals surface area contributed by atoms with Gasteiger partial charge in [0, 0.05) is 6.61 Å². The zero-order valence-electron chi connectivity index (χ0n) is 12.2. The number of benzene rings is 1. The Kier molecular flexibility index (Phi) is 7.29. The van der Waals surface area contributed by atoms with Crippen molar-refractivity contribution in [3.8, 4) is 0 Å². The minimum Gasteiger partial charge on any atom is -0.412 e. The van der Waals surface area contributed by atoms with Gasteiger partial charge in [0.05, 0.1) is 0 Å². The van der Waals surface area contributed by atoms with E-state index in [2.05, 4.69) is 51.1 Å². The molecule has 0 fully saturated rings. The van der Waals surface area contributed by atoms with Gasteiger partial charge >= 0.3 is 0 Å². The van der Waals surface area contributed by atoms with E-state index in [4.69, 9.17) is 4.43 Å². The molecule has 1 atom stereocenters. The van der Waals surface area contributed by atoms with Crippen molar-refractivity contribution in [3.05, 3.63) is 30.3 Å². The molecule has 0 radical (unpaired) electrons. The first-order valence-corrected chi connectivity index (χ1v) is 9.80. The fraction of sp³-hybridized carbons (Fsp3) is 0.625. The van der Waals surface area contributed by atoms with E-state index in [0.717, 1.165) is 13.0 Å². The fourth-order valence-electron chi connectivity index (χ4n) is 2.55. The summed E-state index contributed by atoms with van der Waals surface area (Å²) in [6.07, 6.45) is 4.91. The van der Waals surface area contributed by atoms with E-state index in [1.54, 1.807) is 0 Å². The van der Waals surface area contributed by atoms with Crippen LogP contribution in [0.5, 0.6) is 0 Å². The molecule has 1 nitrogen and oxygen atoms in total. The normalized spacial score (nSPS) is 14.4. The molecule has 0 spiro atoms. The maximum atomic E-state index is 6.45. The molecule has 0 amide bonds. The summed E-state index contributed by atoms with van der Waals surface area (Å²) < 4.78 is 6.45. The van der Waals surface area contributed by atoms with Crippen LogP contribution in [-0.2, 0) is 4.43 Å². The van der Waals surface area contributed by atoms with Crippen molar-refractivity contribution in [2.45, 2.75) is 58.5 Å². The van der Waals surface area contributed by atoms with Crippen molar-refractivity contribution >= 4 is 13.5 Å². The molecule has 2 heteroatoms. The monoisotopic (exact) mass is 264 g/mol. The summed E-state index contributed by atoms with van der Waals surface area (Å²) in [5.74, 6) is 0. The Morgan fingerprint density at radius 2 is 1.61 bits per heavy atom. The van der Waals surface area contributed by atoms with Crippen LogP contribution < -0.4 is 5.19 Å². The van der Waals surface area contributed by atoms with E-state index in [-0.39, 0.29) is 0 Å². The van der Waals surface area contributed by atoms with Crippen LogP contribution in [0.3, 0.4) is 0 Å². The highest BCUT2D eigenvalue weighted by molar-refractivity contribution is 6.86. The summed E-state index contributed by atoms with van der Waals surface area (Å²) in [7, 11) is -1.71. The number of hydrogen-bond donors (Lipinski definition) is 0. The van der Waals surface area contributed by atoms with Crippen LogP contribution >= 0.6 is 0 Å². The molecule has 0 N–H and O–H groups in total. The first-order valence-electron chi connectivity index (χ1n) is 7.48. The first kappa shape index (κ1) is 15.5. The van der Waals surface area contributed by atoms with Gasteiger partial charge in [-0.25, -0.2) is 0 Å². The highest BCUT2D eigenvalue weighted by Crippen LogP contribution is 2.22. The average Bonchev–Trinajstić information content (AvgIpc) is 2.43. The SMILES string of the molecule is CCCC[Si](CCC)(OCCC)c1ccccc1. The largest absolute Gasteiger partial charge is 0.412 e. The van der Waals surface area contributed by atoms with Gasteiger partial charge in [-0.15, -0.1) is 0 Å². The molecule has 0 aromatic heterocycles. The van der Waals surface area contributed by atoms with Crippen molar-refractivity contribution in [2.75, 3.05) is 6.61 Å². The van der Waals surface area contributed by atoms with Crippen LogP contribution in [-0.4, -0.2) is 14.9 Å². The Labute approximate surface area is 114 Å². The second-order valence-electron chi connectivity index (χ2n) is 5.06. The highest BCUT2D eigenvalue weighted by Gasteiger charge is 2.35. The Morgan fingerprint density at radius 3 is 2.17 bits per heavy atom. The molecular weight excluding hydrogens is 236 g/mol. The molecule has 0 aliphatic heterocycles. The summed E-state index contributed by atoms with van der Waals surface area (Å²) in [6.45, 7) is 7.68. The molecule has 1 aromatic carbocycles. The zero-order chi connectivity index (χ0) is 13.3. The van der Waals surface area contributed by atoms with Crippen LogP contribution in [0, 0.1) is 0 Å². The lowest BCUT2D eigenvalue weighted by Crippen LogP contribution is -2.50. The third-order valence-corrected chi connectivity index (χ3v) is 8.08. The van der Waals surface area contributed by atoms with E-state index < -0.39 is 8.32 Å². The maximum absolute atomic E-state index is 6.45. The second-order valence-corrected chi connectivity index (χ2v) is 8.92. The fourth-order valence-corrected chi connectivity index (χ4v) is 6.96. The first-order chi connectivity index (χ1) is 8.79. The van der Waals surface area contributed by atoms with Crippen molar-refractivity contribution < 1.29 is 4.43 Å². The van der Waals surface area contributed by atoms with Gasteiger partial charge in [0.25, 0.3) is 0 Å². The second kappa shape index (κ2) is 8.49. The van der Waals surface area contributed by atoms with E-state index in [1.807, 2.05) is 0 Å². The number of unbranched alkanes of at least 4 members (excludes halogenated alkanes) is 1. The lowest BCUT2D eigenvalue weighted by molar-refractivity contribution is 0.304. The highest BCUT2D eigenvalue weighted by atomic mass is 28.4. The van der Waals surface area contributed by atoms with E-state index in [9.17, 15) is 0 Å².